The third-order valence-corrected chi connectivity index (χ3v) is 25.6. The van der Waals surface area contributed by atoms with Crippen molar-refractivity contribution in [2.75, 3.05) is 151 Å². The number of aliphatic hydroxyl groups is 1. The highest BCUT2D eigenvalue weighted by molar-refractivity contribution is 7.87. The Morgan fingerprint density at radius 2 is 1.01 bits per heavy atom. The SMILES string of the molecule is CC(=O)COC1CCN(C(C)(C)C)CC1.CC(C)(C)N1CCC(C(=O)NS(=O)(=O)N2CCCC2)CC1.CC(C)(C)N1CCC2(CC1)NCCC2=O.CC(C)(C)N1CCCC(NCCO)C1.CC(F)CNC1CCCN(C(C)(C)C)C1.CCC(=O)COC1CCN(C(C)(C)C)CC1.COCCC1CCN(C(C)(C)C)C(C)C1. The number of rotatable bonds is 19. The van der Waals surface area contributed by atoms with Crippen molar-refractivity contribution in [1.82, 2.24) is 59.3 Å². The number of nitrogens with one attached hydrogen (secondary N) is 4. The number of alkyl halides is 1. The summed E-state index contributed by atoms with van der Waals surface area (Å²) in [5, 5.41) is 18.9. The molecular weight excluding hydrogens is 1420 g/mol. The van der Waals surface area contributed by atoms with Crippen LogP contribution in [0.2, 0.25) is 0 Å². The molecule has 22 nitrogen and oxygen atoms in total. The van der Waals surface area contributed by atoms with E-state index in [1.807, 2.05) is 6.92 Å². The fraction of sp³-hybridized carbons (Fsp3) is 0.954. The van der Waals surface area contributed by atoms with E-state index in [-0.39, 0.29) is 87.6 Å². The minimum atomic E-state index is -3.63. The lowest BCUT2D eigenvalue weighted by molar-refractivity contribution is -0.127. The van der Waals surface area contributed by atoms with E-state index in [9.17, 15) is 32.0 Å². The van der Waals surface area contributed by atoms with Gasteiger partial charge in [-0.2, -0.15) is 12.7 Å². The monoisotopic (exact) mass is 1600 g/mol. The van der Waals surface area contributed by atoms with E-state index in [4.69, 9.17) is 19.3 Å². The van der Waals surface area contributed by atoms with Crippen LogP contribution in [-0.2, 0) is 43.6 Å². The van der Waals surface area contributed by atoms with E-state index in [2.05, 4.69) is 207 Å². The van der Waals surface area contributed by atoms with Crippen LogP contribution in [0.3, 0.4) is 0 Å². The summed E-state index contributed by atoms with van der Waals surface area (Å²) in [6, 6.07) is 1.76. The molecule has 9 fully saturated rings. The minimum absolute atomic E-state index is 0.100. The maximum absolute atomic E-state index is 12.7. The number of hydrogen-bond donors (Lipinski definition) is 5. The van der Waals surface area contributed by atoms with Crippen LogP contribution < -0.4 is 20.7 Å². The van der Waals surface area contributed by atoms with Crippen molar-refractivity contribution in [2.45, 2.75) is 376 Å². The molecule has 9 aliphatic heterocycles. The maximum atomic E-state index is 12.7. The van der Waals surface area contributed by atoms with Gasteiger partial charge in [0.1, 0.15) is 19.4 Å². The quantitative estimate of drug-likeness (QED) is 0.0811. The van der Waals surface area contributed by atoms with E-state index in [1.165, 1.54) is 68.9 Å². The normalized spacial score (nSPS) is 24.6. The summed E-state index contributed by atoms with van der Waals surface area (Å²) < 4.78 is 56.8. The predicted molar refractivity (Wildman–Crippen MR) is 457 cm³/mol. The first-order valence-electron chi connectivity index (χ1n) is 43.7. The lowest BCUT2D eigenvalue weighted by atomic mass is 9.83. The number of carbonyl (C=O) groups is 4. The average Bonchev–Trinajstić information content (AvgIpc) is 1.66. The Morgan fingerprint density at radius 3 is 1.39 bits per heavy atom. The first kappa shape index (κ1) is 103. The molecule has 0 saturated carbocycles. The molecule has 0 aromatic rings. The fourth-order valence-corrected chi connectivity index (χ4v) is 17.9. The smallest absolute Gasteiger partial charge is 0.303 e. The number of halogens is 1. The molecule has 5 atom stereocenters. The standard InChI is InChI=1S/C14H27N3O3S.C13H25NO2.C13H27NO.C12H25FN2.C12H22N2O.C12H23NO2.C11H24N2O/c1-14(2,3)16-10-6-12(7-11-16)13(18)15-21(19,20)17-8-4-5-9-17;1-5-11(15)10-16-12-6-8-14(9-7-12)13(2,3)4;1-11-10-12(7-9-15-5)6-8-14(11)13(2,3)4;1-10(13)8-14-11-6-5-7-15(9-11)12(2,3)4;1-11(2,3)14-8-5-12(6-9-14)10(15)4-7-13-12;1-10(14)9-15-11-5-7-13(8-6-11)12(2,3)4;1-11(2,3)13-7-4-5-10(9-13)12-6-8-14/h12H,4-11H2,1-3H3,(H,15,18);12H,5-10H2,1-4H3;11-12H,6-10H2,1-5H3;10-11,14H,5-9H2,1-4H3;13H,4-9H2,1-3H3;11H,5-9H2,1-4H3;10,12,14H,4-9H2,1-3H3. The van der Waals surface area contributed by atoms with Gasteiger partial charge in [0, 0.05) is 174 Å². The summed E-state index contributed by atoms with van der Waals surface area (Å²) in [4.78, 5) is 63.3. The summed E-state index contributed by atoms with van der Waals surface area (Å²) in [6.45, 7) is 73.3. The van der Waals surface area contributed by atoms with E-state index in [0.717, 1.165) is 168 Å². The number of nitrogens with zero attached hydrogens (tertiary/aromatic N) is 8. The second kappa shape index (κ2) is 48.1. The van der Waals surface area contributed by atoms with Gasteiger partial charge in [0.2, 0.25) is 5.91 Å². The molecule has 24 heteroatoms. The number of Topliss-reactive ketones (excluding diaryl/α,β-unsaturated/α-hetero) is 3. The Labute approximate surface area is 679 Å². The van der Waals surface area contributed by atoms with Gasteiger partial charge >= 0.3 is 10.2 Å². The van der Waals surface area contributed by atoms with Crippen molar-refractivity contribution in [1.29, 1.82) is 0 Å². The lowest BCUT2D eigenvalue weighted by Gasteiger charge is -2.45. The molecule has 9 rings (SSSR count). The summed E-state index contributed by atoms with van der Waals surface area (Å²) >= 11 is 0. The number of hydrogen-bond acceptors (Lipinski definition) is 20. The molecule has 9 heterocycles. The van der Waals surface area contributed by atoms with Gasteiger partial charge in [-0.15, -0.1) is 0 Å². The Balaban J connectivity index is 0.000000337. The number of carbonyl (C=O) groups excluding carboxylic acids is 4. The van der Waals surface area contributed by atoms with E-state index >= 15 is 0 Å². The molecule has 9 saturated heterocycles. The van der Waals surface area contributed by atoms with Crippen LogP contribution in [-0.4, -0.2) is 308 Å². The zero-order valence-electron chi connectivity index (χ0n) is 76.1. The highest BCUT2D eigenvalue weighted by Gasteiger charge is 2.45. The van der Waals surface area contributed by atoms with Crippen LogP contribution in [0.25, 0.3) is 0 Å². The van der Waals surface area contributed by atoms with Crippen molar-refractivity contribution in [3.63, 3.8) is 0 Å². The van der Waals surface area contributed by atoms with Crippen molar-refractivity contribution in [3.8, 4) is 0 Å². The van der Waals surface area contributed by atoms with Gasteiger partial charge in [-0.3, -0.25) is 53.5 Å². The Hall–Kier alpha value is -2.24. The largest absolute Gasteiger partial charge is 0.395 e. The molecule has 1 spiro atoms. The number of aliphatic hydroxyl groups excluding tert-OH is 1. The van der Waals surface area contributed by atoms with Gasteiger partial charge in [-0.1, -0.05) is 6.92 Å². The molecule has 0 radical (unpaired) electrons. The zero-order chi connectivity index (χ0) is 84.0. The van der Waals surface area contributed by atoms with E-state index in [0.29, 0.717) is 56.1 Å². The summed E-state index contributed by atoms with van der Waals surface area (Å²) in [5.41, 5.74) is 1.54. The molecule has 0 aromatic heterocycles. The lowest BCUT2D eigenvalue weighted by Crippen LogP contribution is -2.57. The van der Waals surface area contributed by atoms with Gasteiger partial charge in [0.25, 0.3) is 0 Å². The van der Waals surface area contributed by atoms with Crippen molar-refractivity contribution >= 4 is 33.5 Å². The Kier molecular flexibility index (Phi) is 44.6. The highest BCUT2D eigenvalue weighted by Crippen LogP contribution is 2.34. The van der Waals surface area contributed by atoms with Crippen LogP contribution in [0.5, 0.6) is 0 Å². The number of amides is 1. The molecule has 1 amide bonds. The third kappa shape index (κ3) is 39.5. The second-order valence-corrected chi connectivity index (χ2v) is 42.1. The van der Waals surface area contributed by atoms with Crippen molar-refractivity contribution in [3.05, 3.63) is 0 Å². The van der Waals surface area contributed by atoms with Crippen LogP contribution in [0.4, 0.5) is 4.39 Å². The van der Waals surface area contributed by atoms with Gasteiger partial charge in [-0.05, 0) is 314 Å². The molecule has 0 aliphatic carbocycles. The maximum Gasteiger partial charge on any atom is 0.303 e. The van der Waals surface area contributed by atoms with Gasteiger partial charge in [0.05, 0.1) is 24.4 Å². The molecular formula is C87H173FN12O10S. The summed E-state index contributed by atoms with van der Waals surface area (Å²) in [5.74, 6) is 1.11. The Bertz CT molecular complexity index is 2720. The van der Waals surface area contributed by atoms with Gasteiger partial charge < -0.3 is 35.3 Å². The molecule has 9 aliphatic rings. The predicted octanol–water partition coefficient (Wildman–Crippen LogP) is 12.2. The number of ketones is 3. The number of piperidine rings is 7. The fourth-order valence-electron chi connectivity index (χ4n) is 16.6. The average molecular weight is 1600 g/mol. The van der Waals surface area contributed by atoms with Crippen LogP contribution in [0.15, 0.2) is 0 Å². The van der Waals surface area contributed by atoms with Crippen LogP contribution in [0, 0.1) is 11.8 Å². The van der Waals surface area contributed by atoms with Crippen LogP contribution in [0.1, 0.15) is 295 Å². The Morgan fingerprint density at radius 1 is 0.577 bits per heavy atom. The van der Waals surface area contributed by atoms with Crippen molar-refractivity contribution < 1.29 is 51.3 Å². The topological polar surface area (TPSA) is 224 Å². The highest BCUT2D eigenvalue weighted by atomic mass is 32.2. The molecule has 5 unspecified atom stereocenters. The second-order valence-electron chi connectivity index (χ2n) is 40.4. The number of methoxy groups -OCH3 is 1. The number of ether oxygens (including phenoxy) is 3. The summed E-state index contributed by atoms with van der Waals surface area (Å²) in [6.07, 6.45) is 19.3. The molecule has 0 aromatic carbocycles. The number of likely N-dealkylation sites (tertiary alicyclic amines) is 7. The summed E-state index contributed by atoms with van der Waals surface area (Å²) in [7, 11) is -1.83. The third-order valence-electron chi connectivity index (χ3n) is 24.1. The molecule has 111 heavy (non-hydrogen) atoms. The first-order chi connectivity index (χ1) is 51.3. The van der Waals surface area contributed by atoms with E-state index < -0.39 is 16.4 Å². The van der Waals surface area contributed by atoms with E-state index in [1.54, 1.807) is 21.0 Å². The van der Waals surface area contributed by atoms with Gasteiger partial charge in [-0.25, -0.2) is 9.11 Å². The van der Waals surface area contributed by atoms with Crippen molar-refractivity contribution in [2.24, 2.45) is 11.8 Å². The molecule has 5 N–H and O–H groups in total. The van der Waals surface area contributed by atoms with Crippen LogP contribution >= 0.6 is 0 Å². The molecule has 0 bridgehead atoms. The van der Waals surface area contributed by atoms with Gasteiger partial charge in [0.15, 0.2) is 17.3 Å². The minimum Gasteiger partial charge on any atom is -0.395 e. The first-order valence-corrected chi connectivity index (χ1v) is 45.1. The molecule has 654 valence electrons. The zero-order valence-corrected chi connectivity index (χ0v) is 76.9.